The van der Waals surface area contributed by atoms with Crippen LogP contribution < -0.4 is 15.4 Å². The smallest absolute Gasteiger partial charge is 0.266 e. The number of ether oxygens (including phenoxy) is 1. The number of halogens is 2. The van der Waals surface area contributed by atoms with E-state index in [0.717, 1.165) is 41.5 Å². The molecule has 0 saturated carbocycles. The number of carbonyl (C=O) groups is 1. The highest BCUT2D eigenvalue weighted by Gasteiger charge is 2.16. The minimum atomic E-state index is -3.68. The SMILES string of the molecule is CCOCCNc1cc(-c2ccc(CCNC[C@H](O)c3ccccc3)cc2)ccc1C(=O)NS(C)(=O)=O.Cl.Cl. The zero-order chi connectivity index (χ0) is 26.7. The van der Waals surface area contributed by atoms with Gasteiger partial charge in [-0.2, -0.15) is 0 Å². The Bertz CT molecular complexity index is 1260. The van der Waals surface area contributed by atoms with Gasteiger partial charge in [-0.25, -0.2) is 13.1 Å². The largest absolute Gasteiger partial charge is 0.387 e. The summed E-state index contributed by atoms with van der Waals surface area (Å²) >= 11 is 0. The first-order valence-corrected chi connectivity index (χ1v) is 14.2. The molecule has 0 aromatic heterocycles. The van der Waals surface area contributed by atoms with E-state index >= 15 is 0 Å². The highest BCUT2D eigenvalue weighted by atomic mass is 35.5. The summed E-state index contributed by atoms with van der Waals surface area (Å²) in [4.78, 5) is 12.5. The van der Waals surface area contributed by atoms with E-state index in [1.165, 1.54) is 0 Å². The molecular weight excluding hydrogens is 561 g/mol. The number of hydrogen-bond donors (Lipinski definition) is 4. The molecule has 0 saturated heterocycles. The Labute approximate surface area is 243 Å². The molecule has 3 aromatic rings. The van der Waals surface area contributed by atoms with Crippen molar-refractivity contribution in [2.24, 2.45) is 0 Å². The van der Waals surface area contributed by atoms with Gasteiger partial charge in [-0.05, 0) is 54.3 Å². The molecule has 0 aliphatic carbocycles. The van der Waals surface area contributed by atoms with Crippen molar-refractivity contribution in [1.29, 1.82) is 0 Å². The van der Waals surface area contributed by atoms with Gasteiger partial charge >= 0.3 is 0 Å². The molecule has 214 valence electrons. The molecule has 0 unspecified atom stereocenters. The molecule has 1 amide bonds. The number of benzene rings is 3. The minimum Gasteiger partial charge on any atom is -0.387 e. The Morgan fingerprint density at radius 3 is 2.26 bits per heavy atom. The predicted octanol–water partition coefficient (Wildman–Crippen LogP) is 4.20. The standard InChI is InChI=1S/C28H35N3O5S.2ClH/c1-3-36-18-17-30-26-19-24(13-14-25(26)28(33)31-37(2,34)35)22-11-9-21(10-12-22)15-16-29-20-27(32)23-7-5-4-6-8-23;;/h4-14,19,27,29-30,32H,3,15-18,20H2,1-2H3,(H,31,33);2*1H/t27-;;/m0../s1. The summed E-state index contributed by atoms with van der Waals surface area (Å²) < 4.78 is 30.5. The lowest BCUT2D eigenvalue weighted by molar-refractivity contribution is 0.0982. The second kappa shape index (κ2) is 17.1. The molecule has 3 rings (SSSR count). The van der Waals surface area contributed by atoms with Crippen LogP contribution in [0.4, 0.5) is 5.69 Å². The summed E-state index contributed by atoms with van der Waals surface area (Å²) in [5.74, 6) is -0.687. The van der Waals surface area contributed by atoms with Crippen molar-refractivity contribution >= 4 is 46.4 Å². The van der Waals surface area contributed by atoms with Crippen LogP contribution in [0, 0.1) is 0 Å². The third-order valence-electron chi connectivity index (χ3n) is 5.71. The highest BCUT2D eigenvalue weighted by Crippen LogP contribution is 2.26. The van der Waals surface area contributed by atoms with Crippen molar-refractivity contribution in [2.45, 2.75) is 19.4 Å². The van der Waals surface area contributed by atoms with Crippen LogP contribution in [-0.4, -0.2) is 58.5 Å². The van der Waals surface area contributed by atoms with Gasteiger partial charge in [0.15, 0.2) is 0 Å². The van der Waals surface area contributed by atoms with E-state index in [9.17, 15) is 18.3 Å². The van der Waals surface area contributed by atoms with Gasteiger partial charge < -0.3 is 20.5 Å². The summed E-state index contributed by atoms with van der Waals surface area (Å²) in [6, 6.07) is 23.0. The minimum absolute atomic E-state index is 0. The molecule has 8 nitrogen and oxygen atoms in total. The quantitative estimate of drug-likeness (QED) is 0.206. The van der Waals surface area contributed by atoms with Crippen LogP contribution in [0.25, 0.3) is 11.1 Å². The number of hydrogen-bond acceptors (Lipinski definition) is 7. The van der Waals surface area contributed by atoms with Gasteiger partial charge in [0.2, 0.25) is 10.0 Å². The fourth-order valence-electron chi connectivity index (χ4n) is 3.82. The van der Waals surface area contributed by atoms with E-state index in [1.807, 2.05) is 60.2 Å². The second-order valence-corrected chi connectivity index (χ2v) is 10.4. The molecule has 11 heteroatoms. The Morgan fingerprint density at radius 1 is 0.949 bits per heavy atom. The van der Waals surface area contributed by atoms with Crippen molar-refractivity contribution in [3.8, 4) is 11.1 Å². The van der Waals surface area contributed by atoms with Gasteiger partial charge in [0.05, 0.1) is 24.5 Å². The molecule has 39 heavy (non-hydrogen) atoms. The molecule has 0 fully saturated rings. The van der Waals surface area contributed by atoms with Gasteiger partial charge in [0.25, 0.3) is 5.91 Å². The van der Waals surface area contributed by atoms with Crippen molar-refractivity contribution < 1.29 is 23.1 Å². The number of amides is 1. The number of aliphatic hydroxyl groups is 1. The predicted molar refractivity (Wildman–Crippen MR) is 162 cm³/mol. The maximum atomic E-state index is 12.5. The van der Waals surface area contributed by atoms with Crippen LogP contribution in [0.3, 0.4) is 0 Å². The number of rotatable bonds is 14. The molecule has 0 bridgehead atoms. The van der Waals surface area contributed by atoms with E-state index in [-0.39, 0.29) is 30.4 Å². The van der Waals surface area contributed by atoms with E-state index in [4.69, 9.17) is 4.74 Å². The second-order valence-electron chi connectivity index (χ2n) is 8.66. The highest BCUT2D eigenvalue weighted by molar-refractivity contribution is 7.89. The Hall–Kier alpha value is -2.66. The Kier molecular flexibility index (Phi) is 15.1. The van der Waals surface area contributed by atoms with E-state index in [1.54, 1.807) is 12.1 Å². The van der Waals surface area contributed by atoms with Crippen LogP contribution in [-0.2, 0) is 21.2 Å². The first kappa shape index (κ1) is 34.4. The lowest BCUT2D eigenvalue weighted by atomic mass is 10.00. The molecule has 1 atom stereocenters. The third-order valence-corrected chi connectivity index (χ3v) is 6.26. The average Bonchev–Trinajstić information content (AvgIpc) is 2.89. The Balaban J connectivity index is 0.00000380. The molecule has 0 radical (unpaired) electrons. The first-order chi connectivity index (χ1) is 17.8. The molecule has 3 aromatic carbocycles. The maximum absolute atomic E-state index is 12.5. The molecule has 0 spiro atoms. The van der Waals surface area contributed by atoms with Crippen LogP contribution in [0.5, 0.6) is 0 Å². The van der Waals surface area contributed by atoms with Gasteiger partial charge in [0, 0.05) is 25.4 Å². The van der Waals surface area contributed by atoms with E-state index < -0.39 is 22.0 Å². The van der Waals surface area contributed by atoms with E-state index in [0.29, 0.717) is 32.0 Å². The molecule has 0 heterocycles. The fourth-order valence-corrected chi connectivity index (χ4v) is 4.27. The number of nitrogens with one attached hydrogen (secondary N) is 3. The number of aliphatic hydroxyl groups excluding tert-OH is 1. The third kappa shape index (κ3) is 11.5. The summed E-state index contributed by atoms with van der Waals surface area (Å²) in [7, 11) is -3.68. The van der Waals surface area contributed by atoms with Crippen molar-refractivity contribution in [3.63, 3.8) is 0 Å². The van der Waals surface area contributed by atoms with Gasteiger partial charge in [-0.15, -0.1) is 24.8 Å². The van der Waals surface area contributed by atoms with Gasteiger partial charge in [0.1, 0.15) is 0 Å². The summed E-state index contributed by atoms with van der Waals surface area (Å²) in [6.45, 7) is 4.64. The summed E-state index contributed by atoms with van der Waals surface area (Å²) in [5.41, 5.74) is 4.69. The monoisotopic (exact) mass is 597 g/mol. The van der Waals surface area contributed by atoms with Crippen LogP contribution in [0.1, 0.15) is 34.5 Å². The molecule has 0 aliphatic heterocycles. The zero-order valence-electron chi connectivity index (χ0n) is 22.1. The molecular formula is C28H37Cl2N3O5S. The van der Waals surface area contributed by atoms with E-state index in [2.05, 4.69) is 22.8 Å². The number of carbonyl (C=O) groups excluding carboxylic acids is 1. The molecule has 4 N–H and O–H groups in total. The lowest BCUT2D eigenvalue weighted by Gasteiger charge is -2.14. The van der Waals surface area contributed by atoms with Crippen LogP contribution >= 0.6 is 24.8 Å². The van der Waals surface area contributed by atoms with Crippen LogP contribution in [0.2, 0.25) is 0 Å². The normalized spacial score (nSPS) is 11.6. The summed E-state index contributed by atoms with van der Waals surface area (Å²) in [6.07, 6.45) is 1.23. The zero-order valence-corrected chi connectivity index (χ0v) is 24.5. The van der Waals surface area contributed by atoms with Gasteiger partial charge in [-0.3, -0.25) is 4.79 Å². The Morgan fingerprint density at radius 2 is 1.62 bits per heavy atom. The van der Waals surface area contributed by atoms with Crippen LogP contribution in [0.15, 0.2) is 72.8 Å². The summed E-state index contributed by atoms with van der Waals surface area (Å²) in [5, 5.41) is 16.7. The molecule has 0 aliphatic rings. The first-order valence-electron chi connectivity index (χ1n) is 12.3. The van der Waals surface area contributed by atoms with Crippen molar-refractivity contribution in [2.75, 3.05) is 44.4 Å². The lowest BCUT2D eigenvalue weighted by Crippen LogP contribution is -2.30. The van der Waals surface area contributed by atoms with Crippen molar-refractivity contribution in [1.82, 2.24) is 10.0 Å². The topological polar surface area (TPSA) is 117 Å². The fraction of sp³-hybridized carbons (Fsp3) is 0.321. The maximum Gasteiger partial charge on any atom is 0.266 e. The van der Waals surface area contributed by atoms with Gasteiger partial charge in [-0.1, -0.05) is 60.7 Å². The van der Waals surface area contributed by atoms with Crippen molar-refractivity contribution in [3.05, 3.63) is 89.5 Å². The number of anilines is 1. The average molecular weight is 599 g/mol. The number of sulfonamides is 1.